The Balaban J connectivity index is 2.42. The van der Waals surface area contributed by atoms with Crippen LogP contribution in [0.4, 0.5) is 13.2 Å². The molecule has 0 aliphatic heterocycles. The zero-order valence-electron chi connectivity index (χ0n) is 10.6. The summed E-state index contributed by atoms with van der Waals surface area (Å²) in [7, 11) is 0. The van der Waals surface area contributed by atoms with Crippen molar-refractivity contribution in [3.05, 3.63) is 63.9 Å². The number of hydrogen-bond acceptors (Lipinski definition) is 2. The molecule has 106 valence electrons. The smallest absolute Gasteiger partial charge is 0.319 e. The lowest BCUT2D eigenvalue weighted by Crippen LogP contribution is -2.16. The van der Waals surface area contributed by atoms with Crippen LogP contribution in [-0.2, 0) is 6.18 Å². The average Bonchev–Trinajstić information content (AvgIpc) is 2.37. The second kappa shape index (κ2) is 5.42. The first kappa shape index (κ1) is 14.8. The maximum atomic E-state index is 12.6. The lowest BCUT2D eigenvalue weighted by atomic mass is 9.97. The molecule has 0 bridgehead atoms. The largest absolute Gasteiger partial charge is 0.416 e. The summed E-state index contributed by atoms with van der Waals surface area (Å²) in [6.07, 6.45) is -2.82. The standard InChI is InChI=1S/C14H12ClF3N2/c1-8-7-9(14(16,17)18)4-5-10(8)12(19)13-11(15)3-2-6-20-13/h2-7,12H,19H2,1H3. The third kappa shape index (κ3) is 2.94. The van der Waals surface area contributed by atoms with E-state index in [4.69, 9.17) is 17.3 Å². The van der Waals surface area contributed by atoms with Crippen molar-refractivity contribution in [3.8, 4) is 0 Å². The number of aryl methyl sites for hydroxylation is 1. The van der Waals surface area contributed by atoms with Crippen LogP contribution in [-0.4, -0.2) is 4.98 Å². The summed E-state index contributed by atoms with van der Waals surface area (Å²) in [6.45, 7) is 1.58. The van der Waals surface area contributed by atoms with Gasteiger partial charge in [-0.3, -0.25) is 4.98 Å². The van der Waals surface area contributed by atoms with Gasteiger partial charge in [-0.25, -0.2) is 0 Å². The zero-order chi connectivity index (χ0) is 14.9. The molecule has 0 saturated carbocycles. The number of pyridine rings is 1. The molecule has 1 heterocycles. The molecule has 0 radical (unpaired) electrons. The summed E-state index contributed by atoms with van der Waals surface area (Å²) in [4.78, 5) is 4.09. The van der Waals surface area contributed by atoms with Gasteiger partial charge in [-0.05, 0) is 42.3 Å². The normalized spacial score (nSPS) is 13.3. The van der Waals surface area contributed by atoms with Gasteiger partial charge in [-0.1, -0.05) is 17.7 Å². The van der Waals surface area contributed by atoms with E-state index < -0.39 is 17.8 Å². The molecule has 0 spiro atoms. The topological polar surface area (TPSA) is 38.9 Å². The molecule has 1 atom stereocenters. The summed E-state index contributed by atoms with van der Waals surface area (Å²) >= 11 is 6.00. The van der Waals surface area contributed by atoms with Crippen molar-refractivity contribution < 1.29 is 13.2 Å². The number of halogens is 4. The van der Waals surface area contributed by atoms with E-state index in [1.807, 2.05) is 0 Å². The number of alkyl halides is 3. The van der Waals surface area contributed by atoms with E-state index in [9.17, 15) is 13.2 Å². The highest BCUT2D eigenvalue weighted by atomic mass is 35.5. The minimum Gasteiger partial charge on any atom is -0.319 e. The molecule has 2 N–H and O–H groups in total. The van der Waals surface area contributed by atoms with Crippen LogP contribution >= 0.6 is 11.6 Å². The predicted molar refractivity (Wildman–Crippen MR) is 71.5 cm³/mol. The van der Waals surface area contributed by atoms with Crippen molar-refractivity contribution in [2.75, 3.05) is 0 Å². The monoisotopic (exact) mass is 300 g/mol. The molecule has 2 aromatic rings. The molecule has 0 fully saturated rings. The fraction of sp³-hybridized carbons (Fsp3) is 0.214. The lowest BCUT2D eigenvalue weighted by molar-refractivity contribution is -0.137. The summed E-state index contributed by atoms with van der Waals surface area (Å²) in [5.74, 6) is 0. The zero-order valence-corrected chi connectivity index (χ0v) is 11.3. The van der Waals surface area contributed by atoms with Crippen LogP contribution in [0.3, 0.4) is 0 Å². The van der Waals surface area contributed by atoms with Gasteiger partial charge < -0.3 is 5.73 Å². The van der Waals surface area contributed by atoms with Crippen LogP contribution in [0.1, 0.15) is 28.4 Å². The van der Waals surface area contributed by atoms with E-state index in [0.717, 1.165) is 12.1 Å². The van der Waals surface area contributed by atoms with Crippen LogP contribution in [0.5, 0.6) is 0 Å². The van der Waals surface area contributed by atoms with Gasteiger partial charge in [0.15, 0.2) is 0 Å². The van der Waals surface area contributed by atoms with E-state index in [1.54, 1.807) is 25.3 Å². The van der Waals surface area contributed by atoms with Crippen molar-refractivity contribution in [3.63, 3.8) is 0 Å². The molecule has 1 aromatic carbocycles. The molecule has 1 unspecified atom stereocenters. The van der Waals surface area contributed by atoms with Crippen molar-refractivity contribution in [2.45, 2.75) is 19.1 Å². The highest BCUT2D eigenvalue weighted by Crippen LogP contribution is 2.33. The highest BCUT2D eigenvalue weighted by Gasteiger charge is 2.31. The molecular weight excluding hydrogens is 289 g/mol. The highest BCUT2D eigenvalue weighted by molar-refractivity contribution is 6.31. The Bertz CT molecular complexity index is 626. The Kier molecular flexibility index (Phi) is 4.01. The van der Waals surface area contributed by atoms with E-state index in [2.05, 4.69) is 4.98 Å². The molecule has 0 amide bonds. The number of nitrogens with zero attached hydrogens (tertiary/aromatic N) is 1. The number of benzene rings is 1. The van der Waals surface area contributed by atoms with Gasteiger partial charge in [-0.15, -0.1) is 0 Å². The van der Waals surface area contributed by atoms with Crippen molar-refractivity contribution >= 4 is 11.6 Å². The van der Waals surface area contributed by atoms with E-state index in [1.165, 1.54) is 6.07 Å². The minimum atomic E-state index is -4.37. The van der Waals surface area contributed by atoms with Crippen LogP contribution in [0, 0.1) is 6.92 Å². The number of nitrogens with two attached hydrogens (primary N) is 1. The second-order valence-electron chi connectivity index (χ2n) is 4.42. The van der Waals surface area contributed by atoms with Gasteiger partial charge in [0.05, 0.1) is 22.3 Å². The maximum Gasteiger partial charge on any atom is 0.416 e. The molecule has 1 aromatic heterocycles. The molecule has 2 rings (SSSR count). The van der Waals surface area contributed by atoms with Crippen molar-refractivity contribution in [1.29, 1.82) is 0 Å². The summed E-state index contributed by atoms with van der Waals surface area (Å²) < 4.78 is 37.9. The third-order valence-corrected chi connectivity index (χ3v) is 3.33. The average molecular weight is 301 g/mol. The minimum absolute atomic E-state index is 0.388. The number of aromatic nitrogens is 1. The summed E-state index contributed by atoms with van der Waals surface area (Å²) in [6, 6.07) is 6.10. The number of rotatable bonds is 2. The maximum absolute atomic E-state index is 12.6. The van der Waals surface area contributed by atoms with E-state index >= 15 is 0 Å². The lowest BCUT2D eigenvalue weighted by Gasteiger charge is -2.17. The van der Waals surface area contributed by atoms with Gasteiger partial charge in [0.2, 0.25) is 0 Å². The summed E-state index contributed by atoms with van der Waals surface area (Å²) in [5.41, 5.74) is 6.82. The first-order valence-electron chi connectivity index (χ1n) is 5.84. The molecule has 0 aliphatic rings. The van der Waals surface area contributed by atoms with Crippen molar-refractivity contribution in [1.82, 2.24) is 4.98 Å². The molecular formula is C14H12ClF3N2. The fourth-order valence-electron chi connectivity index (χ4n) is 1.98. The molecule has 2 nitrogen and oxygen atoms in total. The van der Waals surface area contributed by atoms with E-state index in [0.29, 0.717) is 21.8 Å². The van der Waals surface area contributed by atoms with Gasteiger partial charge in [0.1, 0.15) is 0 Å². The predicted octanol–water partition coefficient (Wildman–Crippen LogP) is 4.11. The van der Waals surface area contributed by atoms with Crippen molar-refractivity contribution in [2.24, 2.45) is 5.73 Å². The van der Waals surface area contributed by atoms with Gasteiger partial charge in [-0.2, -0.15) is 13.2 Å². The quantitative estimate of drug-likeness (QED) is 0.906. The Morgan fingerprint density at radius 2 is 1.95 bits per heavy atom. The van der Waals surface area contributed by atoms with Crippen LogP contribution in [0.25, 0.3) is 0 Å². The van der Waals surface area contributed by atoms with Crippen LogP contribution in [0.2, 0.25) is 5.02 Å². The SMILES string of the molecule is Cc1cc(C(F)(F)F)ccc1C(N)c1ncccc1Cl. The molecule has 0 saturated heterocycles. The first-order chi connectivity index (χ1) is 9.30. The Morgan fingerprint density at radius 1 is 1.25 bits per heavy atom. The number of hydrogen-bond donors (Lipinski definition) is 1. The molecule has 6 heteroatoms. The van der Waals surface area contributed by atoms with Gasteiger partial charge >= 0.3 is 6.18 Å². The van der Waals surface area contributed by atoms with E-state index in [-0.39, 0.29) is 0 Å². The third-order valence-electron chi connectivity index (χ3n) is 3.01. The second-order valence-corrected chi connectivity index (χ2v) is 4.82. The Labute approximate surface area is 119 Å². The molecule has 20 heavy (non-hydrogen) atoms. The Hall–Kier alpha value is -1.59. The molecule has 0 aliphatic carbocycles. The van der Waals surface area contributed by atoms with Crippen LogP contribution in [0.15, 0.2) is 36.5 Å². The van der Waals surface area contributed by atoms with Crippen LogP contribution < -0.4 is 5.73 Å². The van der Waals surface area contributed by atoms with Gasteiger partial charge in [0.25, 0.3) is 0 Å². The first-order valence-corrected chi connectivity index (χ1v) is 6.22. The Morgan fingerprint density at radius 3 is 2.50 bits per heavy atom. The van der Waals surface area contributed by atoms with Gasteiger partial charge in [0, 0.05) is 6.20 Å². The summed E-state index contributed by atoms with van der Waals surface area (Å²) in [5, 5.41) is 0.388. The fourth-order valence-corrected chi connectivity index (χ4v) is 2.21.